The third kappa shape index (κ3) is 3.96. The van der Waals surface area contributed by atoms with Gasteiger partial charge in [-0.2, -0.15) is 0 Å². The van der Waals surface area contributed by atoms with Crippen LogP contribution >= 0.6 is 0 Å². The van der Waals surface area contributed by atoms with Gasteiger partial charge in [0.05, 0.1) is 11.8 Å². The summed E-state index contributed by atoms with van der Waals surface area (Å²) in [5.74, 6) is -2.63. The van der Waals surface area contributed by atoms with E-state index in [4.69, 9.17) is 0 Å². The minimum Gasteiger partial charge on any atom is -0.406 e. The molecule has 1 aliphatic heterocycles. The Morgan fingerprint density at radius 2 is 1.63 bits per heavy atom. The Hall–Kier alpha value is -2.84. The Morgan fingerprint density at radius 1 is 1.11 bits per heavy atom. The second-order valence-corrected chi connectivity index (χ2v) is 6.44. The molecule has 2 aliphatic rings. The summed E-state index contributed by atoms with van der Waals surface area (Å²) in [5.41, 5.74) is 0.222. The van der Waals surface area contributed by atoms with Crippen molar-refractivity contribution in [1.82, 2.24) is 4.90 Å². The van der Waals surface area contributed by atoms with E-state index >= 15 is 0 Å². The van der Waals surface area contributed by atoms with Crippen LogP contribution in [0.5, 0.6) is 5.75 Å². The van der Waals surface area contributed by atoms with Crippen LogP contribution in [0.2, 0.25) is 0 Å². The highest BCUT2D eigenvalue weighted by atomic mass is 19.4. The molecule has 0 spiro atoms. The standard InChI is InChI=1S/C18H17F3N2O4/c1-10(23-16(25)13-4-2-3-5-14(13)17(23)26)15(24)22-11-6-8-12(9-7-11)27-18(19,20)21/h2-3,6-10,13-14H,4-5H2,1H3,(H,22,24)/t10-,13-,14+/m0/s1. The SMILES string of the molecule is C[C@@H](C(=O)Nc1ccc(OC(F)(F)F)cc1)N1C(=O)[C@H]2CC=CC[C@H]2C1=O. The Bertz CT molecular complexity index is 763. The van der Waals surface area contributed by atoms with Crippen LogP contribution in [0.4, 0.5) is 18.9 Å². The molecule has 0 aromatic heterocycles. The molecule has 3 rings (SSSR count). The van der Waals surface area contributed by atoms with Gasteiger partial charge >= 0.3 is 6.36 Å². The Balaban J connectivity index is 1.66. The number of carbonyl (C=O) groups excluding carboxylic acids is 3. The number of allylic oxidation sites excluding steroid dienone is 2. The number of likely N-dealkylation sites (tertiary alicyclic amines) is 1. The molecule has 1 heterocycles. The van der Waals surface area contributed by atoms with E-state index in [2.05, 4.69) is 10.1 Å². The summed E-state index contributed by atoms with van der Waals surface area (Å²) in [6.07, 6.45) is -0.154. The average molecular weight is 382 g/mol. The molecule has 0 unspecified atom stereocenters. The van der Waals surface area contributed by atoms with Gasteiger partial charge in [-0.1, -0.05) is 12.2 Å². The number of imide groups is 1. The highest BCUT2D eigenvalue weighted by Gasteiger charge is 2.50. The van der Waals surface area contributed by atoms with Crippen molar-refractivity contribution in [3.8, 4) is 5.75 Å². The number of fused-ring (bicyclic) bond motifs is 1. The van der Waals surface area contributed by atoms with Crippen molar-refractivity contribution in [2.45, 2.75) is 32.2 Å². The molecule has 1 fully saturated rings. The maximum absolute atomic E-state index is 12.5. The number of amides is 3. The van der Waals surface area contributed by atoms with Crippen molar-refractivity contribution in [2.75, 3.05) is 5.32 Å². The van der Waals surface area contributed by atoms with Gasteiger partial charge in [-0.25, -0.2) is 0 Å². The van der Waals surface area contributed by atoms with E-state index in [0.29, 0.717) is 12.8 Å². The Morgan fingerprint density at radius 3 is 2.11 bits per heavy atom. The predicted octanol–water partition coefficient (Wildman–Crippen LogP) is 2.86. The molecule has 27 heavy (non-hydrogen) atoms. The number of hydrogen-bond donors (Lipinski definition) is 1. The zero-order valence-corrected chi connectivity index (χ0v) is 14.3. The van der Waals surface area contributed by atoms with Crippen LogP contribution in [0.1, 0.15) is 19.8 Å². The fourth-order valence-electron chi connectivity index (χ4n) is 3.31. The van der Waals surface area contributed by atoms with Crippen LogP contribution in [-0.4, -0.2) is 35.0 Å². The minimum atomic E-state index is -4.80. The summed E-state index contributed by atoms with van der Waals surface area (Å²) < 4.78 is 40.2. The van der Waals surface area contributed by atoms with Crippen molar-refractivity contribution in [2.24, 2.45) is 11.8 Å². The largest absolute Gasteiger partial charge is 0.573 e. The zero-order chi connectivity index (χ0) is 19.8. The van der Waals surface area contributed by atoms with Gasteiger partial charge in [0.1, 0.15) is 11.8 Å². The fourth-order valence-corrected chi connectivity index (χ4v) is 3.31. The molecule has 0 radical (unpaired) electrons. The monoisotopic (exact) mass is 382 g/mol. The molecule has 1 aromatic rings. The van der Waals surface area contributed by atoms with Gasteiger partial charge in [-0.15, -0.1) is 13.2 Å². The third-order valence-corrected chi connectivity index (χ3v) is 4.66. The average Bonchev–Trinajstić information content (AvgIpc) is 2.86. The fraction of sp³-hybridized carbons (Fsp3) is 0.389. The molecule has 3 atom stereocenters. The van der Waals surface area contributed by atoms with Crippen molar-refractivity contribution in [3.05, 3.63) is 36.4 Å². The van der Waals surface area contributed by atoms with Gasteiger partial charge in [-0.3, -0.25) is 19.3 Å². The highest BCUT2D eigenvalue weighted by Crippen LogP contribution is 2.36. The lowest BCUT2D eigenvalue weighted by atomic mass is 9.85. The number of hydrogen-bond acceptors (Lipinski definition) is 4. The summed E-state index contributed by atoms with van der Waals surface area (Å²) in [6, 6.07) is 3.56. The van der Waals surface area contributed by atoms with E-state index in [1.807, 2.05) is 12.2 Å². The normalized spacial score (nSPS) is 23.2. The second-order valence-electron chi connectivity index (χ2n) is 6.44. The maximum Gasteiger partial charge on any atom is 0.573 e. The molecule has 3 amide bonds. The van der Waals surface area contributed by atoms with Gasteiger partial charge in [0.2, 0.25) is 17.7 Å². The number of alkyl halides is 3. The Labute approximate surface area is 153 Å². The lowest BCUT2D eigenvalue weighted by Gasteiger charge is -2.22. The highest BCUT2D eigenvalue weighted by molar-refractivity contribution is 6.10. The molecule has 0 bridgehead atoms. The first kappa shape index (κ1) is 18.9. The summed E-state index contributed by atoms with van der Waals surface area (Å²) in [6.45, 7) is 1.44. The number of nitrogens with one attached hydrogen (secondary N) is 1. The summed E-state index contributed by atoms with van der Waals surface area (Å²) in [5, 5.41) is 2.49. The molecule has 1 aromatic carbocycles. The molecule has 144 valence electrons. The molecule has 1 N–H and O–H groups in total. The number of rotatable bonds is 4. The first-order valence-electron chi connectivity index (χ1n) is 8.36. The number of nitrogens with zero attached hydrogens (tertiary/aromatic N) is 1. The first-order valence-corrected chi connectivity index (χ1v) is 8.36. The quantitative estimate of drug-likeness (QED) is 0.642. The predicted molar refractivity (Wildman–Crippen MR) is 88.4 cm³/mol. The van der Waals surface area contributed by atoms with Crippen molar-refractivity contribution >= 4 is 23.4 Å². The summed E-state index contributed by atoms with van der Waals surface area (Å²) in [4.78, 5) is 38.4. The van der Waals surface area contributed by atoms with Gasteiger partial charge in [0.15, 0.2) is 0 Å². The summed E-state index contributed by atoms with van der Waals surface area (Å²) in [7, 11) is 0. The van der Waals surface area contributed by atoms with Crippen LogP contribution in [-0.2, 0) is 14.4 Å². The molecule has 6 nitrogen and oxygen atoms in total. The lowest BCUT2D eigenvalue weighted by Crippen LogP contribution is -2.46. The van der Waals surface area contributed by atoms with E-state index in [1.54, 1.807) is 0 Å². The van der Waals surface area contributed by atoms with Crippen LogP contribution in [0.3, 0.4) is 0 Å². The van der Waals surface area contributed by atoms with Crippen molar-refractivity contribution < 1.29 is 32.3 Å². The summed E-state index contributed by atoms with van der Waals surface area (Å²) >= 11 is 0. The van der Waals surface area contributed by atoms with E-state index in [0.717, 1.165) is 17.0 Å². The van der Waals surface area contributed by atoms with Gasteiger partial charge in [0, 0.05) is 5.69 Å². The molecule has 1 saturated heterocycles. The van der Waals surface area contributed by atoms with Gasteiger partial charge in [-0.05, 0) is 44.0 Å². The van der Waals surface area contributed by atoms with Gasteiger partial charge < -0.3 is 10.1 Å². The molecule has 1 aliphatic carbocycles. The van der Waals surface area contributed by atoms with E-state index in [9.17, 15) is 27.6 Å². The second kappa shape index (κ2) is 7.05. The van der Waals surface area contributed by atoms with Crippen molar-refractivity contribution in [1.29, 1.82) is 0 Å². The van der Waals surface area contributed by atoms with Crippen LogP contribution in [0, 0.1) is 11.8 Å². The number of benzene rings is 1. The maximum atomic E-state index is 12.5. The van der Waals surface area contributed by atoms with Crippen LogP contribution in [0.15, 0.2) is 36.4 Å². The molecule has 0 saturated carbocycles. The number of anilines is 1. The minimum absolute atomic E-state index is 0.222. The lowest BCUT2D eigenvalue weighted by molar-refractivity contribution is -0.274. The van der Waals surface area contributed by atoms with E-state index in [1.165, 1.54) is 19.1 Å². The van der Waals surface area contributed by atoms with E-state index in [-0.39, 0.29) is 17.5 Å². The topological polar surface area (TPSA) is 75.7 Å². The number of carbonyl (C=O) groups is 3. The van der Waals surface area contributed by atoms with Crippen molar-refractivity contribution in [3.63, 3.8) is 0 Å². The molecule has 9 heteroatoms. The Kier molecular flexibility index (Phi) is 4.95. The molecular formula is C18H17F3N2O4. The molecular weight excluding hydrogens is 365 g/mol. The van der Waals surface area contributed by atoms with Gasteiger partial charge in [0.25, 0.3) is 0 Å². The van der Waals surface area contributed by atoms with Crippen LogP contribution in [0.25, 0.3) is 0 Å². The number of halogens is 3. The van der Waals surface area contributed by atoms with Crippen LogP contribution < -0.4 is 10.1 Å². The van der Waals surface area contributed by atoms with E-state index < -0.39 is 35.9 Å². The third-order valence-electron chi connectivity index (χ3n) is 4.66. The first-order chi connectivity index (χ1) is 12.7. The number of ether oxygens (including phenoxy) is 1. The smallest absolute Gasteiger partial charge is 0.406 e. The zero-order valence-electron chi connectivity index (χ0n) is 14.3.